The zero-order valence-electron chi connectivity index (χ0n) is 13.1. The highest BCUT2D eigenvalue weighted by Gasteiger charge is 2.38. The molecular formula is C15H28N2O3. The predicted molar refractivity (Wildman–Crippen MR) is 78.6 cm³/mol. The molecule has 2 amide bonds. The van der Waals surface area contributed by atoms with Crippen LogP contribution in [0, 0.1) is 17.8 Å². The Hall–Kier alpha value is -1.26. The molecule has 1 fully saturated rings. The molecule has 2 atom stereocenters. The second kappa shape index (κ2) is 7.50. The number of amides is 2. The number of hydrogen-bond acceptors (Lipinski definition) is 2. The van der Waals surface area contributed by atoms with Crippen LogP contribution in [0.15, 0.2) is 0 Å². The van der Waals surface area contributed by atoms with Crippen LogP contribution in [0.25, 0.3) is 0 Å². The van der Waals surface area contributed by atoms with Gasteiger partial charge in [0.15, 0.2) is 0 Å². The molecule has 0 spiro atoms. The maximum absolute atomic E-state index is 12.5. The van der Waals surface area contributed by atoms with Gasteiger partial charge in [0, 0.05) is 26.2 Å². The second-order valence-electron chi connectivity index (χ2n) is 5.83. The van der Waals surface area contributed by atoms with Gasteiger partial charge in [0.25, 0.3) is 0 Å². The van der Waals surface area contributed by atoms with E-state index in [1.54, 1.807) is 4.90 Å². The number of hydrogen-bond donors (Lipinski definition) is 1. The summed E-state index contributed by atoms with van der Waals surface area (Å²) < 4.78 is 0. The number of likely N-dealkylation sites (tertiary alicyclic amines) is 1. The third kappa shape index (κ3) is 3.87. The van der Waals surface area contributed by atoms with Gasteiger partial charge in [0.1, 0.15) is 0 Å². The first-order chi connectivity index (χ1) is 9.44. The number of aliphatic carboxylic acids is 1. The summed E-state index contributed by atoms with van der Waals surface area (Å²) in [5.74, 6) is -0.667. The standard InChI is InChI=1S/C15H28N2O3/c1-5-12(6-2)9-16(7-3)15(20)17-8-11(4)13(10-17)14(18)19/h11-13H,5-10H2,1-4H3,(H,18,19)/t11-,13-/m1/s1. The highest BCUT2D eigenvalue weighted by atomic mass is 16.4. The van der Waals surface area contributed by atoms with E-state index in [2.05, 4.69) is 13.8 Å². The molecule has 0 aromatic heterocycles. The van der Waals surface area contributed by atoms with Gasteiger partial charge in [-0.25, -0.2) is 4.79 Å². The van der Waals surface area contributed by atoms with Gasteiger partial charge < -0.3 is 14.9 Å². The third-order valence-electron chi connectivity index (χ3n) is 4.49. The maximum atomic E-state index is 12.5. The van der Waals surface area contributed by atoms with Crippen LogP contribution in [0.3, 0.4) is 0 Å². The molecule has 0 bridgehead atoms. The van der Waals surface area contributed by atoms with Crippen molar-refractivity contribution in [1.29, 1.82) is 0 Å². The lowest BCUT2D eigenvalue weighted by Crippen LogP contribution is -2.44. The van der Waals surface area contributed by atoms with E-state index < -0.39 is 11.9 Å². The van der Waals surface area contributed by atoms with Crippen molar-refractivity contribution >= 4 is 12.0 Å². The van der Waals surface area contributed by atoms with Crippen molar-refractivity contribution in [2.75, 3.05) is 26.2 Å². The molecule has 0 aliphatic carbocycles. The van der Waals surface area contributed by atoms with Crippen molar-refractivity contribution in [1.82, 2.24) is 9.80 Å². The van der Waals surface area contributed by atoms with E-state index in [4.69, 9.17) is 5.11 Å². The van der Waals surface area contributed by atoms with E-state index in [1.807, 2.05) is 18.7 Å². The zero-order chi connectivity index (χ0) is 15.3. The summed E-state index contributed by atoms with van der Waals surface area (Å²) in [5.41, 5.74) is 0. The normalized spacial score (nSPS) is 22.4. The average Bonchev–Trinajstić information content (AvgIpc) is 2.82. The molecule has 1 heterocycles. The highest BCUT2D eigenvalue weighted by molar-refractivity contribution is 5.77. The summed E-state index contributed by atoms with van der Waals surface area (Å²) in [5, 5.41) is 9.15. The van der Waals surface area contributed by atoms with Gasteiger partial charge in [-0.1, -0.05) is 33.6 Å². The van der Waals surface area contributed by atoms with Crippen molar-refractivity contribution in [2.24, 2.45) is 17.8 Å². The maximum Gasteiger partial charge on any atom is 0.320 e. The smallest absolute Gasteiger partial charge is 0.320 e. The van der Waals surface area contributed by atoms with E-state index in [1.165, 1.54) is 0 Å². The molecule has 1 aliphatic heterocycles. The molecule has 20 heavy (non-hydrogen) atoms. The zero-order valence-corrected chi connectivity index (χ0v) is 13.1. The molecular weight excluding hydrogens is 256 g/mol. The third-order valence-corrected chi connectivity index (χ3v) is 4.49. The summed E-state index contributed by atoms with van der Waals surface area (Å²) in [6.07, 6.45) is 2.13. The summed E-state index contributed by atoms with van der Waals surface area (Å²) in [4.78, 5) is 27.2. The minimum atomic E-state index is -0.796. The molecule has 1 N–H and O–H groups in total. The van der Waals surface area contributed by atoms with Crippen molar-refractivity contribution in [3.8, 4) is 0 Å². The fourth-order valence-electron chi connectivity index (χ4n) is 2.85. The summed E-state index contributed by atoms with van der Waals surface area (Å²) in [6, 6.07) is -0.00463. The van der Waals surface area contributed by atoms with Crippen LogP contribution < -0.4 is 0 Å². The van der Waals surface area contributed by atoms with Crippen LogP contribution in [0.1, 0.15) is 40.5 Å². The van der Waals surface area contributed by atoms with Gasteiger partial charge in [-0.3, -0.25) is 4.79 Å². The number of carbonyl (C=O) groups excluding carboxylic acids is 1. The Morgan fingerprint density at radius 3 is 2.25 bits per heavy atom. The quantitative estimate of drug-likeness (QED) is 0.815. The first kappa shape index (κ1) is 16.8. The molecule has 1 saturated heterocycles. The van der Waals surface area contributed by atoms with Crippen molar-refractivity contribution < 1.29 is 14.7 Å². The lowest BCUT2D eigenvalue weighted by Gasteiger charge is -2.30. The highest BCUT2D eigenvalue weighted by Crippen LogP contribution is 2.24. The predicted octanol–water partition coefficient (Wildman–Crippen LogP) is 2.52. The number of nitrogens with zero attached hydrogens (tertiary/aromatic N) is 2. The SMILES string of the molecule is CCC(CC)CN(CC)C(=O)N1C[C@@H](C)[C@H](C(=O)O)C1. The van der Waals surface area contributed by atoms with Crippen molar-refractivity contribution in [2.45, 2.75) is 40.5 Å². The number of carboxylic acid groups (broad SMARTS) is 1. The Balaban J connectivity index is 2.66. The minimum Gasteiger partial charge on any atom is -0.481 e. The molecule has 116 valence electrons. The van der Waals surface area contributed by atoms with Crippen molar-refractivity contribution in [3.63, 3.8) is 0 Å². The number of rotatable bonds is 6. The Kier molecular flexibility index (Phi) is 6.30. The lowest BCUT2D eigenvalue weighted by atomic mass is 9.99. The van der Waals surface area contributed by atoms with Crippen LogP contribution >= 0.6 is 0 Å². The molecule has 0 aromatic rings. The second-order valence-corrected chi connectivity index (χ2v) is 5.83. The number of carbonyl (C=O) groups is 2. The molecule has 0 unspecified atom stereocenters. The molecule has 0 saturated carbocycles. The molecule has 5 nitrogen and oxygen atoms in total. The van der Waals surface area contributed by atoms with Crippen LogP contribution in [0.5, 0.6) is 0 Å². The van der Waals surface area contributed by atoms with E-state index in [-0.39, 0.29) is 11.9 Å². The van der Waals surface area contributed by atoms with E-state index in [0.717, 1.165) is 19.4 Å². The monoisotopic (exact) mass is 284 g/mol. The van der Waals surface area contributed by atoms with Gasteiger partial charge in [-0.05, 0) is 18.8 Å². The molecule has 0 aromatic carbocycles. The largest absolute Gasteiger partial charge is 0.481 e. The van der Waals surface area contributed by atoms with Crippen molar-refractivity contribution in [3.05, 3.63) is 0 Å². The van der Waals surface area contributed by atoms with E-state index >= 15 is 0 Å². The molecule has 5 heteroatoms. The topological polar surface area (TPSA) is 60.9 Å². The Morgan fingerprint density at radius 1 is 1.25 bits per heavy atom. The molecule has 0 radical (unpaired) electrons. The van der Waals surface area contributed by atoms with Gasteiger partial charge in [0.05, 0.1) is 5.92 Å². The van der Waals surface area contributed by atoms with Crippen LogP contribution in [-0.2, 0) is 4.79 Å². The fourth-order valence-corrected chi connectivity index (χ4v) is 2.85. The van der Waals surface area contributed by atoms with Gasteiger partial charge in [0.2, 0.25) is 0 Å². The summed E-state index contributed by atoms with van der Waals surface area (Å²) in [7, 11) is 0. The minimum absolute atomic E-state index is 0.00463. The number of urea groups is 1. The van der Waals surface area contributed by atoms with Gasteiger partial charge >= 0.3 is 12.0 Å². The van der Waals surface area contributed by atoms with E-state index in [9.17, 15) is 9.59 Å². The Labute approximate surface area is 121 Å². The first-order valence-electron chi connectivity index (χ1n) is 7.71. The van der Waals surface area contributed by atoms with E-state index in [0.29, 0.717) is 25.6 Å². The molecule has 1 aliphatic rings. The van der Waals surface area contributed by atoms with Crippen LogP contribution in [0.4, 0.5) is 4.79 Å². The molecule has 1 rings (SSSR count). The first-order valence-corrected chi connectivity index (χ1v) is 7.71. The Morgan fingerprint density at radius 2 is 1.85 bits per heavy atom. The van der Waals surface area contributed by atoms with Gasteiger partial charge in [-0.15, -0.1) is 0 Å². The lowest BCUT2D eigenvalue weighted by molar-refractivity contribution is -0.142. The summed E-state index contributed by atoms with van der Waals surface area (Å²) >= 11 is 0. The summed E-state index contributed by atoms with van der Waals surface area (Å²) in [6.45, 7) is 10.5. The number of carboxylic acids is 1. The van der Waals surface area contributed by atoms with Crippen LogP contribution in [-0.4, -0.2) is 53.1 Å². The Bertz CT molecular complexity index is 342. The average molecular weight is 284 g/mol. The van der Waals surface area contributed by atoms with Gasteiger partial charge in [-0.2, -0.15) is 0 Å². The van der Waals surface area contributed by atoms with Crippen LogP contribution in [0.2, 0.25) is 0 Å². The fraction of sp³-hybridized carbons (Fsp3) is 0.867.